The third-order valence-electron chi connectivity index (χ3n) is 4.67. The summed E-state index contributed by atoms with van der Waals surface area (Å²) in [5, 5.41) is 4.27. The molecule has 0 amide bonds. The van der Waals surface area contributed by atoms with E-state index in [1.807, 2.05) is 30.6 Å². The standard InChI is InChI=1S/C20H21N5S/c1-2-12-25-19(18(23-20(25)26)16-8-3-4-11-22-16)17-9-6-13-24(17)15-7-5-10-21-14-15/h3-11,13-14,18-19H,2,12H2,1H3,(H,23,26)/t18-,19-/m1/s1. The van der Waals surface area contributed by atoms with Gasteiger partial charge >= 0.3 is 0 Å². The Bertz CT molecular complexity index is 877. The lowest BCUT2D eigenvalue weighted by atomic mass is 10.0. The first-order chi connectivity index (χ1) is 12.8. The minimum Gasteiger partial charge on any atom is -0.352 e. The highest BCUT2D eigenvalue weighted by molar-refractivity contribution is 7.80. The minimum atomic E-state index is 0.0144. The maximum Gasteiger partial charge on any atom is 0.170 e. The summed E-state index contributed by atoms with van der Waals surface area (Å²) in [6.07, 6.45) is 8.61. The number of hydrogen-bond acceptors (Lipinski definition) is 3. The van der Waals surface area contributed by atoms with Crippen molar-refractivity contribution in [3.05, 3.63) is 78.6 Å². The van der Waals surface area contributed by atoms with Crippen molar-refractivity contribution in [2.45, 2.75) is 25.4 Å². The molecule has 4 heterocycles. The molecule has 26 heavy (non-hydrogen) atoms. The molecule has 1 N–H and O–H groups in total. The topological polar surface area (TPSA) is 46.0 Å². The molecule has 0 spiro atoms. The van der Waals surface area contributed by atoms with E-state index in [1.165, 1.54) is 5.69 Å². The number of aromatic nitrogens is 3. The molecule has 3 aromatic heterocycles. The molecule has 0 unspecified atom stereocenters. The zero-order valence-electron chi connectivity index (χ0n) is 14.6. The number of nitrogens with one attached hydrogen (secondary N) is 1. The van der Waals surface area contributed by atoms with Gasteiger partial charge in [-0.05, 0) is 55.0 Å². The van der Waals surface area contributed by atoms with Crippen LogP contribution in [-0.2, 0) is 0 Å². The Morgan fingerprint density at radius 3 is 2.77 bits per heavy atom. The van der Waals surface area contributed by atoms with Gasteiger partial charge in [-0.1, -0.05) is 13.0 Å². The van der Waals surface area contributed by atoms with E-state index < -0.39 is 0 Å². The number of pyridine rings is 2. The van der Waals surface area contributed by atoms with Crippen LogP contribution in [0.15, 0.2) is 67.3 Å². The molecule has 0 bridgehead atoms. The second kappa shape index (κ2) is 7.25. The Morgan fingerprint density at radius 2 is 2.04 bits per heavy atom. The van der Waals surface area contributed by atoms with E-state index in [2.05, 4.69) is 62.1 Å². The predicted molar refractivity (Wildman–Crippen MR) is 106 cm³/mol. The zero-order valence-corrected chi connectivity index (χ0v) is 15.4. The molecule has 3 aromatic rings. The van der Waals surface area contributed by atoms with Gasteiger partial charge in [-0.15, -0.1) is 0 Å². The quantitative estimate of drug-likeness (QED) is 0.701. The van der Waals surface area contributed by atoms with Crippen molar-refractivity contribution in [1.29, 1.82) is 0 Å². The monoisotopic (exact) mass is 363 g/mol. The second-order valence-electron chi connectivity index (χ2n) is 6.33. The van der Waals surface area contributed by atoms with Crippen LogP contribution < -0.4 is 5.32 Å². The molecule has 4 rings (SSSR count). The van der Waals surface area contributed by atoms with Crippen LogP contribution >= 0.6 is 12.2 Å². The van der Waals surface area contributed by atoms with Crippen molar-refractivity contribution < 1.29 is 0 Å². The average molecular weight is 363 g/mol. The smallest absolute Gasteiger partial charge is 0.170 e. The van der Waals surface area contributed by atoms with Crippen LogP contribution in [0.4, 0.5) is 0 Å². The third kappa shape index (κ3) is 2.97. The molecular formula is C20H21N5S. The molecule has 1 saturated heterocycles. The summed E-state index contributed by atoms with van der Waals surface area (Å²) in [7, 11) is 0. The van der Waals surface area contributed by atoms with Crippen molar-refractivity contribution in [2.75, 3.05) is 6.54 Å². The van der Waals surface area contributed by atoms with Crippen molar-refractivity contribution in [3.8, 4) is 5.69 Å². The molecule has 1 aliphatic heterocycles. The van der Waals surface area contributed by atoms with Gasteiger partial charge in [0.1, 0.15) is 0 Å². The van der Waals surface area contributed by atoms with Crippen LogP contribution in [0.1, 0.15) is 36.8 Å². The van der Waals surface area contributed by atoms with Crippen LogP contribution in [0.5, 0.6) is 0 Å². The highest BCUT2D eigenvalue weighted by Gasteiger charge is 2.40. The lowest BCUT2D eigenvalue weighted by Gasteiger charge is -2.28. The molecular weight excluding hydrogens is 342 g/mol. The van der Waals surface area contributed by atoms with Crippen LogP contribution in [0.3, 0.4) is 0 Å². The Kier molecular flexibility index (Phi) is 4.67. The van der Waals surface area contributed by atoms with Crippen molar-refractivity contribution in [3.63, 3.8) is 0 Å². The van der Waals surface area contributed by atoms with Gasteiger partial charge in [-0.3, -0.25) is 9.97 Å². The fraction of sp³-hybridized carbons (Fsp3) is 0.250. The number of nitrogens with zero attached hydrogens (tertiary/aromatic N) is 4. The van der Waals surface area contributed by atoms with Crippen molar-refractivity contribution in [1.82, 2.24) is 24.8 Å². The van der Waals surface area contributed by atoms with Crippen molar-refractivity contribution >= 4 is 17.3 Å². The van der Waals surface area contributed by atoms with Gasteiger partial charge in [0.2, 0.25) is 0 Å². The fourth-order valence-corrected chi connectivity index (χ4v) is 3.91. The van der Waals surface area contributed by atoms with Gasteiger partial charge in [0, 0.05) is 30.8 Å². The molecule has 6 heteroatoms. The van der Waals surface area contributed by atoms with Crippen LogP contribution in [0, 0.1) is 0 Å². The summed E-state index contributed by atoms with van der Waals surface area (Å²) in [6.45, 7) is 3.08. The lowest BCUT2D eigenvalue weighted by molar-refractivity contribution is 0.309. The van der Waals surface area contributed by atoms with Crippen molar-refractivity contribution in [2.24, 2.45) is 0 Å². The SMILES string of the molecule is CCCN1C(=S)N[C@H](c2ccccn2)[C@H]1c1cccn1-c1cccnc1. The summed E-state index contributed by atoms with van der Waals surface area (Å²) in [6, 6.07) is 14.4. The third-order valence-corrected chi connectivity index (χ3v) is 5.02. The van der Waals surface area contributed by atoms with E-state index in [-0.39, 0.29) is 12.1 Å². The predicted octanol–water partition coefficient (Wildman–Crippen LogP) is 3.65. The highest BCUT2D eigenvalue weighted by atomic mass is 32.1. The van der Waals surface area contributed by atoms with Gasteiger partial charge in [0.05, 0.1) is 29.7 Å². The molecule has 1 aliphatic rings. The summed E-state index contributed by atoms with van der Waals surface area (Å²) in [5.74, 6) is 0. The molecule has 0 aliphatic carbocycles. The van der Waals surface area contributed by atoms with E-state index in [9.17, 15) is 0 Å². The Labute approximate surface area is 158 Å². The molecule has 0 saturated carbocycles. The zero-order chi connectivity index (χ0) is 17.9. The summed E-state index contributed by atoms with van der Waals surface area (Å²) >= 11 is 5.66. The molecule has 0 aromatic carbocycles. The molecule has 2 atom stereocenters. The Hall–Kier alpha value is -2.73. The van der Waals surface area contributed by atoms with E-state index in [0.29, 0.717) is 0 Å². The first-order valence-corrected chi connectivity index (χ1v) is 9.26. The summed E-state index contributed by atoms with van der Waals surface area (Å²) in [4.78, 5) is 11.1. The van der Waals surface area contributed by atoms with Gasteiger partial charge in [-0.2, -0.15) is 0 Å². The van der Waals surface area contributed by atoms with Crippen LogP contribution in [0.2, 0.25) is 0 Å². The number of thiocarbonyl (C=S) groups is 1. The highest BCUT2D eigenvalue weighted by Crippen LogP contribution is 2.39. The first kappa shape index (κ1) is 16.7. The largest absolute Gasteiger partial charge is 0.352 e. The molecule has 132 valence electrons. The maximum absolute atomic E-state index is 5.66. The lowest BCUT2D eigenvalue weighted by Crippen LogP contribution is -2.31. The summed E-state index contributed by atoms with van der Waals surface area (Å²) in [5.41, 5.74) is 3.22. The van der Waals surface area contributed by atoms with E-state index in [1.54, 1.807) is 6.20 Å². The molecule has 5 nitrogen and oxygen atoms in total. The second-order valence-corrected chi connectivity index (χ2v) is 6.72. The molecule has 1 fully saturated rings. The van der Waals surface area contributed by atoms with Gasteiger partial charge in [0.25, 0.3) is 0 Å². The first-order valence-electron chi connectivity index (χ1n) is 8.85. The number of hydrogen-bond donors (Lipinski definition) is 1. The average Bonchev–Trinajstić information content (AvgIpc) is 3.28. The Balaban J connectivity index is 1.81. The maximum atomic E-state index is 5.66. The van der Waals surface area contributed by atoms with Gasteiger partial charge < -0.3 is 14.8 Å². The normalized spacial score (nSPS) is 19.6. The van der Waals surface area contributed by atoms with E-state index >= 15 is 0 Å². The van der Waals surface area contributed by atoms with Gasteiger partial charge in [-0.25, -0.2) is 0 Å². The number of rotatable bonds is 5. The Morgan fingerprint density at radius 1 is 1.12 bits per heavy atom. The van der Waals surface area contributed by atoms with Gasteiger partial charge in [0.15, 0.2) is 5.11 Å². The summed E-state index contributed by atoms with van der Waals surface area (Å²) < 4.78 is 2.19. The van der Waals surface area contributed by atoms with Crippen LogP contribution in [0.25, 0.3) is 5.69 Å². The van der Waals surface area contributed by atoms with E-state index in [4.69, 9.17) is 12.2 Å². The fourth-order valence-electron chi connectivity index (χ4n) is 3.58. The van der Waals surface area contributed by atoms with Crippen LogP contribution in [-0.4, -0.2) is 31.1 Å². The molecule has 0 radical (unpaired) electrons. The minimum absolute atomic E-state index is 0.0144. The van der Waals surface area contributed by atoms with E-state index in [0.717, 1.165) is 29.5 Å².